The standard InChI is InChI=1S/C28H18N2S/c1-5-13-23-19(9-1)20-10-2-6-14-24(20)29(23)27-17-18-28(31-27)30-25-15-7-3-11-21(25)22-12-4-8-16-26(22)30/h1-18H. The maximum atomic E-state index is 2.40. The number of hydrogen-bond acceptors (Lipinski definition) is 1. The van der Waals surface area contributed by atoms with Crippen molar-refractivity contribution in [1.82, 2.24) is 9.13 Å². The lowest BCUT2D eigenvalue weighted by atomic mass is 10.2. The van der Waals surface area contributed by atoms with E-state index < -0.39 is 0 Å². The lowest BCUT2D eigenvalue weighted by Gasteiger charge is -2.06. The molecule has 3 aromatic heterocycles. The van der Waals surface area contributed by atoms with E-state index in [1.807, 2.05) is 11.3 Å². The number of aromatic nitrogens is 2. The molecule has 0 aliphatic heterocycles. The summed E-state index contributed by atoms with van der Waals surface area (Å²) in [6.45, 7) is 0. The molecule has 0 aliphatic carbocycles. The van der Waals surface area contributed by atoms with Crippen LogP contribution in [0.1, 0.15) is 0 Å². The molecule has 0 saturated carbocycles. The number of nitrogens with zero attached hydrogens (tertiary/aromatic N) is 2. The van der Waals surface area contributed by atoms with Crippen LogP contribution in [0.15, 0.2) is 109 Å². The van der Waals surface area contributed by atoms with Crippen LogP contribution in [-0.2, 0) is 0 Å². The van der Waals surface area contributed by atoms with E-state index >= 15 is 0 Å². The number of hydrogen-bond donors (Lipinski definition) is 0. The molecule has 2 nitrogen and oxygen atoms in total. The Hall–Kier alpha value is -3.82. The van der Waals surface area contributed by atoms with Gasteiger partial charge < -0.3 is 9.13 Å². The monoisotopic (exact) mass is 414 g/mol. The van der Waals surface area contributed by atoms with Gasteiger partial charge in [-0.25, -0.2) is 0 Å². The van der Waals surface area contributed by atoms with Crippen LogP contribution in [0, 0.1) is 0 Å². The van der Waals surface area contributed by atoms with Crippen molar-refractivity contribution >= 4 is 54.9 Å². The first-order valence-corrected chi connectivity index (χ1v) is 11.3. The van der Waals surface area contributed by atoms with Gasteiger partial charge in [0.1, 0.15) is 10.0 Å². The summed E-state index contributed by atoms with van der Waals surface area (Å²) in [5.74, 6) is 0. The normalized spacial score (nSPS) is 11.9. The van der Waals surface area contributed by atoms with Gasteiger partial charge in [0.2, 0.25) is 0 Å². The average Bonchev–Trinajstić information content (AvgIpc) is 3.51. The van der Waals surface area contributed by atoms with Crippen molar-refractivity contribution in [1.29, 1.82) is 0 Å². The predicted octanol–water partition coefficient (Wildman–Crippen LogP) is 7.94. The van der Waals surface area contributed by atoms with Gasteiger partial charge in [0.15, 0.2) is 0 Å². The van der Waals surface area contributed by atoms with E-state index in [1.165, 1.54) is 53.6 Å². The van der Waals surface area contributed by atoms with Gasteiger partial charge in [-0.05, 0) is 36.4 Å². The molecule has 0 amide bonds. The van der Waals surface area contributed by atoms with Crippen molar-refractivity contribution < 1.29 is 0 Å². The van der Waals surface area contributed by atoms with E-state index in [-0.39, 0.29) is 0 Å². The summed E-state index contributed by atoms with van der Waals surface area (Å²) in [7, 11) is 0. The largest absolute Gasteiger partial charge is 0.301 e. The van der Waals surface area contributed by atoms with Gasteiger partial charge in [-0.1, -0.05) is 84.1 Å². The van der Waals surface area contributed by atoms with E-state index in [0.717, 1.165) is 0 Å². The Morgan fingerprint density at radius 2 is 0.645 bits per heavy atom. The molecule has 3 heteroatoms. The average molecular weight is 415 g/mol. The molecule has 0 spiro atoms. The van der Waals surface area contributed by atoms with Gasteiger partial charge in [-0.15, -0.1) is 0 Å². The van der Waals surface area contributed by atoms with Gasteiger partial charge in [-0.2, -0.15) is 0 Å². The number of thiophene rings is 1. The van der Waals surface area contributed by atoms with Crippen molar-refractivity contribution in [3.63, 3.8) is 0 Å². The quantitative estimate of drug-likeness (QED) is 0.272. The summed E-state index contributed by atoms with van der Waals surface area (Å²) in [6.07, 6.45) is 0. The number of para-hydroxylation sites is 4. The highest BCUT2D eigenvalue weighted by atomic mass is 32.1. The molecule has 0 radical (unpaired) electrons. The molecule has 146 valence electrons. The molecule has 7 aromatic rings. The molecule has 0 atom stereocenters. The summed E-state index contributed by atoms with van der Waals surface area (Å²) in [6, 6.07) is 39.2. The lowest BCUT2D eigenvalue weighted by Crippen LogP contribution is -1.90. The fourth-order valence-corrected chi connectivity index (χ4v) is 5.94. The Kier molecular flexibility index (Phi) is 3.46. The van der Waals surface area contributed by atoms with Crippen LogP contribution in [0.25, 0.3) is 53.6 Å². The van der Waals surface area contributed by atoms with Crippen molar-refractivity contribution in [2.24, 2.45) is 0 Å². The molecule has 0 N–H and O–H groups in total. The second kappa shape index (κ2) is 6.34. The molecule has 7 rings (SSSR count). The number of rotatable bonds is 2. The van der Waals surface area contributed by atoms with Gasteiger partial charge in [0, 0.05) is 21.5 Å². The van der Waals surface area contributed by atoms with Crippen LogP contribution in [0.5, 0.6) is 0 Å². The SMILES string of the molecule is c1ccc2c(c1)c1ccccc1n2-c1ccc(-n2c3ccccc3c3ccccc32)s1. The Balaban J connectivity index is 1.53. The van der Waals surface area contributed by atoms with E-state index in [0.29, 0.717) is 0 Å². The third kappa shape index (κ3) is 2.32. The molecular weight excluding hydrogens is 396 g/mol. The Morgan fingerprint density at radius 1 is 0.355 bits per heavy atom. The molecule has 0 unspecified atom stereocenters. The van der Waals surface area contributed by atoms with Gasteiger partial charge in [0.05, 0.1) is 22.1 Å². The third-order valence-electron chi connectivity index (χ3n) is 6.18. The molecule has 3 heterocycles. The fourth-order valence-electron chi connectivity index (χ4n) is 4.88. The highest BCUT2D eigenvalue weighted by molar-refractivity contribution is 7.17. The predicted molar refractivity (Wildman–Crippen MR) is 133 cm³/mol. The van der Waals surface area contributed by atoms with Crippen molar-refractivity contribution in [3.05, 3.63) is 109 Å². The zero-order valence-corrected chi connectivity index (χ0v) is 17.5. The molecule has 31 heavy (non-hydrogen) atoms. The van der Waals surface area contributed by atoms with Crippen molar-refractivity contribution in [2.75, 3.05) is 0 Å². The zero-order valence-electron chi connectivity index (χ0n) is 16.7. The Morgan fingerprint density at radius 3 is 0.968 bits per heavy atom. The van der Waals surface area contributed by atoms with E-state index in [9.17, 15) is 0 Å². The van der Waals surface area contributed by atoms with Gasteiger partial charge >= 0.3 is 0 Å². The maximum absolute atomic E-state index is 2.40. The fraction of sp³-hybridized carbons (Fsp3) is 0. The summed E-state index contributed by atoms with van der Waals surface area (Å²) < 4.78 is 4.79. The highest BCUT2D eigenvalue weighted by Crippen LogP contribution is 2.38. The first-order valence-electron chi connectivity index (χ1n) is 10.5. The van der Waals surface area contributed by atoms with Crippen LogP contribution < -0.4 is 0 Å². The van der Waals surface area contributed by atoms with E-state index in [1.54, 1.807) is 0 Å². The number of benzene rings is 4. The van der Waals surface area contributed by atoms with Crippen LogP contribution in [0.4, 0.5) is 0 Å². The summed E-state index contributed by atoms with van der Waals surface area (Å²) >= 11 is 1.83. The van der Waals surface area contributed by atoms with Crippen molar-refractivity contribution in [3.8, 4) is 10.0 Å². The minimum absolute atomic E-state index is 1.23. The topological polar surface area (TPSA) is 9.86 Å². The second-order valence-corrected chi connectivity index (χ2v) is 8.89. The summed E-state index contributed by atoms with van der Waals surface area (Å²) in [4.78, 5) is 0. The molecule has 0 bridgehead atoms. The maximum Gasteiger partial charge on any atom is 0.102 e. The molecular formula is C28H18N2S. The first-order chi connectivity index (χ1) is 15.4. The molecule has 0 fully saturated rings. The van der Waals surface area contributed by atoms with Gasteiger partial charge in [0.25, 0.3) is 0 Å². The molecule has 0 aliphatic rings. The minimum Gasteiger partial charge on any atom is -0.301 e. The summed E-state index contributed by atoms with van der Waals surface area (Å²) in [5.41, 5.74) is 5.00. The van der Waals surface area contributed by atoms with Crippen LogP contribution in [0.2, 0.25) is 0 Å². The van der Waals surface area contributed by atoms with Gasteiger partial charge in [-0.3, -0.25) is 0 Å². The zero-order chi connectivity index (χ0) is 20.4. The molecule has 0 saturated heterocycles. The lowest BCUT2D eigenvalue weighted by molar-refractivity contribution is 1.22. The Labute approximate surface area is 183 Å². The number of fused-ring (bicyclic) bond motifs is 6. The van der Waals surface area contributed by atoms with E-state index in [4.69, 9.17) is 0 Å². The van der Waals surface area contributed by atoms with E-state index in [2.05, 4.69) is 118 Å². The first kappa shape index (κ1) is 16.9. The van der Waals surface area contributed by atoms with Crippen LogP contribution in [-0.4, -0.2) is 9.13 Å². The minimum atomic E-state index is 1.23. The highest BCUT2D eigenvalue weighted by Gasteiger charge is 2.16. The van der Waals surface area contributed by atoms with Crippen molar-refractivity contribution in [2.45, 2.75) is 0 Å². The van der Waals surface area contributed by atoms with Crippen LogP contribution >= 0.6 is 11.3 Å². The Bertz CT molecular complexity index is 1510. The smallest absolute Gasteiger partial charge is 0.102 e. The molecule has 4 aromatic carbocycles. The summed E-state index contributed by atoms with van der Waals surface area (Å²) in [5, 5.41) is 7.65. The third-order valence-corrected chi connectivity index (χ3v) is 7.23. The van der Waals surface area contributed by atoms with Crippen LogP contribution in [0.3, 0.4) is 0 Å². The second-order valence-electron chi connectivity index (χ2n) is 7.85.